The largest absolute Gasteiger partial charge is 0.338 e. The number of sulfone groups is 1. The lowest BCUT2D eigenvalue weighted by molar-refractivity contribution is -0.135. The summed E-state index contributed by atoms with van der Waals surface area (Å²) in [6.45, 7) is 2.81. The van der Waals surface area contributed by atoms with Gasteiger partial charge in [0.2, 0.25) is 5.91 Å². The molecule has 2 fully saturated rings. The van der Waals surface area contributed by atoms with Gasteiger partial charge >= 0.3 is 0 Å². The number of carbonyl (C=O) groups is 1. The van der Waals surface area contributed by atoms with Gasteiger partial charge in [-0.1, -0.05) is 6.92 Å². The highest BCUT2D eigenvalue weighted by molar-refractivity contribution is 7.91. The molecular weight excluding hydrogens is 262 g/mol. The van der Waals surface area contributed by atoms with E-state index in [1.165, 1.54) is 0 Å². The summed E-state index contributed by atoms with van der Waals surface area (Å²) in [4.78, 5) is 14.0. The average Bonchev–Trinajstić information content (AvgIpc) is 2.80. The van der Waals surface area contributed by atoms with Crippen LogP contribution in [0.5, 0.6) is 0 Å². The minimum absolute atomic E-state index is 0.0129. The molecule has 0 bridgehead atoms. The number of amides is 1. The molecule has 0 aliphatic carbocycles. The molecule has 2 aliphatic heterocycles. The SMILES string of the molecule is CC1CCN(C(=O)C2CCS(=O)(=O)C2)C1CCl. The van der Waals surface area contributed by atoms with Crippen LogP contribution >= 0.6 is 11.6 Å². The van der Waals surface area contributed by atoms with Crippen LogP contribution in [0.25, 0.3) is 0 Å². The van der Waals surface area contributed by atoms with Gasteiger partial charge in [0.15, 0.2) is 9.84 Å². The second kappa shape index (κ2) is 4.76. The Labute approximate surface area is 107 Å². The molecule has 2 rings (SSSR count). The molecule has 6 heteroatoms. The van der Waals surface area contributed by atoms with Crippen molar-refractivity contribution in [2.45, 2.75) is 25.8 Å². The fourth-order valence-electron chi connectivity index (χ4n) is 2.74. The zero-order valence-corrected chi connectivity index (χ0v) is 11.5. The Morgan fingerprint density at radius 1 is 1.41 bits per heavy atom. The number of alkyl halides is 1. The van der Waals surface area contributed by atoms with Crippen LogP contribution < -0.4 is 0 Å². The van der Waals surface area contributed by atoms with Crippen molar-refractivity contribution < 1.29 is 13.2 Å². The molecule has 4 nitrogen and oxygen atoms in total. The summed E-state index contributed by atoms with van der Waals surface area (Å²) in [5.74, 6) is 0.669. The van der Waals surface area contributed by atoms with Crippen molar-refractivity contribution >= 4 is 27.3 Å². The standard InChI is InChI=1S/C11H18ClNO3S/c1-8-2-4-13(10(8)6-12)11(14)9-3-5-17(15,16)7-9/h8-10H,2-7H2,1H3. The topological polar surface area (TPSA) is 54.5 Å². The van der Waals surface area contributed by atoms with Crippen LogP contribution in [0.1, 0.15) is 19.8 Å². The van der Waals surface area contributed by atoms with Crippen LogP contribution in [0.2, 0.25) is 0 Å². The van der Waals surface area contributed by atoms with Crippen molar-refractivity contribution in [1.29, 1.82) is 0 Å². The van der Waals surface area contributed by atoms with Crippen molar-refractivity contribution in [3.05, 3.63) is 0 Å². The van der Waals surface area contributed by atoms with Crippen LogP contribution in [0.3, 0.4) is 0 Å². The average molecular weight is 280 g/mol. The highest BCUT2D eigenvalue weighted by Crippen LogP contribution is 2.29. The second-order valence-corrected chi connectivity index (χ2v) is 7.66. The van der Waals surface area contributed by atoms with Crippen molar-refractivity contribution in [2.24, 2.45) is 11.8 Å². The van der Waals surface area contributed by atoms with Crippen molar-refractivity contribution in [3.8, 4) is 0 Å². The van der Waals surface area contributed by atoms with Gasteiger partial charge in [0.25, 0.3) is 0 Å². The van der Waals surface area contributed by atoms with Crippen molar-refractivity contribution in [3.63, 3.8) is 0 Å². The first kappa shape index (κ1) is 13.1. The van der Waals surface area contributed by atoms with Crippen LogP contribution in [-0.2, 0) is 14.6 Å². The Balaban J connectivity index is 2.06. The molecule has 0 aromatic rings. The predicted octanol–water partition coefficient (Wildman–Crippen LogP) is 0.897. The third-order valence-corrected chi connectivity index (χ3v) is 5.99. The van der Waals surface area contributed by atoms with E-state index >= 15 is 0 Å². The van der Waals surface area contributed by atoms with Gasteiger partial charge in [0.05, 0.1) is 17.4 Å². The molecule has 0 saturated carbocycles. The molecule has 17 heavy (non-hydrogen) atoms. The van der Waals surface area contributed by atoms with Gasteiger partial charge in [-0.15, -0.1) is 11.6 Å². The van der Waals surface area contributed by atoms with Crippen LogP contribution in [0.15, 0.2) is 0 Å². The molecule has 2 heterocycles. The number of likely N-dealkylation sites (tertiary alicyclic amines) is 1. The van der Waals surface area contributed by atoms with Gasteiger partial charge in [-0.05, 0) is 18.8 Å². The lowest BCUT2D eigenvalue weighted by Gasteiger charge is -2.27. The molecule has 0 N–H and O–H groups in total. The number of halogens is 1. The van der Waals surface area contributed by atoms with Gasteiger partial charge < -0.3 is 4.90 Å². The number of rotatable bonds is 2. The van der Waals surface area contributed by atoms with E-state index in [0.29, 0.717) is 24.8 Å². The van der Waals surface area contributed by atoms with E-state index in [2.05, 4.69) is 6.92 Å². The normalized spacial score (nSPS) is 36.4. The third kappa shape index (κ3) is 2.60. The number of hydrogen-bond acceptors (Lipinski definition) is 3. The first-order valence-corrected chi connectivity index (χ1v) is 8.37. The van der Waals surface area contributed by atoms with Gasteiger partial charge in [0, 0.05) is 18.5 Å². The molecule has 0 aromatic carbocycles. The minimum atomic E-state index is -2.99. The summed E-state index contributed by atoms with van der Waals surface area (Å²) in [5.41, 5.74) is 0. The van der Waals surface area contributed by atoms with Crippen LogP contribution in [-0.4, -0.2) is 49.2 Å². The second-order valence-electron chi connectivity index (χ2n) is 5.12. The predicted molar refractivity (Wildman–Crippen MR) is 66.8 cm³/mol. The van der Waals surface area contributed by atoms with Gasteiger partial charge in [0.1, 0.15) is 0 Å². The Hall–Kier alpha value is -0.290. The highest BCUT2D eigenvalue weighted by Gasteiger charge is 2.40. The molecular formula is C11H18ClNO3S. The van der Waals surface area contributed by atoms with Gasteiger partial charge in [-0.2, -0.15) is 0 Å². The fourth-order valence-corrected chi connectivity index (χ4v) is 4.94. The first-order valence-electron chi connectivity index (χ1n) is 6.01. The first-order chi connectivity index (χ1) is 7.94. The van der Waals surface area contributed by atoms with Crippen LogP contribution in [0.4, 0.5) is 0 Å². The third-order valence-electron chi connectivity index (χ3n) is 3.91. The Bertz CT molecular complexity index is 409. The lowest BCUT2D eigenvalue weighted by Crippen LogP contribution is -2.42. The monoisotopic (exact) mass is 279 g/mol. The maximum Gasteiger partial charge on any atom is 0.227 e. The number of nitrogens with zero attached hydrogens (tertiary/aromatic N) is 1. The summed E-state index contributed by atoms with van der Waals surface area (Å²) in [5, 5.41) is 0. The summed E-state index contributed by atoms with van der Waals surface area (Å²) in [6, 6.07) is 0.0764. The number of carbonyl (C=O) groups excluding carboxylic acids is 1. The van der Waals surface area contributed by atoms with Gasteiger partial charge in [-0.3, -0.25) is 4.79 Å². The van der Waals surface area contributed by atoms with Gasteiger partial charge in [-0.25, -0.2) is 8.42 Å². The maximum absolute atomic E-state index is 12.3. The molecule has 1 amide bonds. The molecule has 2 saturated heterocycles. The van der Waals surface area contributed by atoms with E-state index in [0.717, 1.165) is 6.42 Å². The molecule has 0 aromatic heterocycles. The van der Waals surface area contributed by atoms with Crippen LogP contribution in [0, 0.1) is 11.8 Å². The molecule has 0 radical (unpaired) electrons. The summed E-state index contributed by atoms with van der Waals surface area (Å²) >= 11 is 5.89. The molecule has 98 valence electrons. The van der Waals surface area contributed by atoms with E-state index < -0.39 is 9.84 Å². The van der Waals surface area contributed by atoms with E-state index in [-0.39, 0.29) is 29.4 Å². The highest BCUT2D eigenvalue weighted by atomic mass is 35.5. The molecule has 3 unspecified atom stereocenters. The zero-order valence-electron chi connectivity index (χ0n) is 9.93. The van der Waals surface area contributed by atoms with E-state index in [9.17, 15) is 13.2 Å². The fraction of sp³-hybridized carbons (Fsp3) is 0.909. The summed E-state index contributed by atoms with van der Waals surface area (Å²) in [7, 11) is -2.99. The maximum atomic E-state index is 12.3. The number of hydrogen-bond donors (Lipinski definition) is 0. The van der Waals surface area contributed by atoms with Crippen molar-refractivity contribution in [1.82, 2.24) is 4.90 Å². The Morgan fingerprint density at radius 3 is 2.65 bits per heavy atom. The lowest BCUT2D eigenvalue weighted by atomic mass is 10.0. The zero-order chi connectivity index (χ0) is 12.6. The van der Waals surface area contributed by atoms with E-state index in [4.69, 9.17) is 11.6 Å². The van der Waals surface area contributed by atoms with E-state index in [1.807, 2.05) is 0 Å². The van der Waals surface area contributed by atoms with E-state index in [1.54, 1.807) is 4.90 Å². The minimum Gasteiger partial charge on any atom is -0.338 e. The Kier molecular flexibility index (Phi) is 3.69. The summed E-state index contributed by atoms with van der Waals surface area (Å²) < 4.78 is 22.8. The molecule has 0 spiro atoms. The smallest absolute Gasteiger partial charge is 0.227 e. The van der Waals surface area contributed by atoms with Crippen molar-refractivity contribution in [2.75, 3.05) is 23.9 Å². The molecule has 3 atom stereocenters. The molecule has 2 aliphatic rings. The summed E-state index contributed by atoms with van der Waals surface area (Å²) in [6.07, 6.45) is 1.43. The Morgan fingerprint density at radius 2 is 2.12 bits per heavy atom. The quantitative estimate of drug-likeness (QED) is 0.706.